The van der Waals surface area contributed by atoms with Crippen LogP contribution in [0.4, 0.5) is 0 Å². The molecule has 0 saturated heterocycles. The quantitative estimate of drug-likeness (QED) is 0.730. The first-order chi connectivity index (χ1) is 11.8. The molecule has 0 spiro atoms. The summed E-state index contributed by atoms with van der Waals surface area (Å²) in [5.41, 5.74) is -0.629. The molecule has 0 radical (unpaired) electrons. The number of carboxylic acid groups (broad SMARTS) is 1. The van der Waals surface area contributed by atoms with Gasteiger partial charge in [0.2, 0.25) is 5.91 Å². The number of hydrogen-bond acceptors (Lipinski definition) is 5. The van der Waals surface area contributed by atoms with Gasteiger partial charge in [0.1, 0.15) is 0 Å². The summed E-state index contributed by atoms with van der Waals surface area (Å²) >= 11 is 0. The zero-order valence-electron chi connectivity index (χ0n) is 14.2. The van der Waals surface area contributed by atoms with Crippen molar-refractivity contribution in [1.29, 1.82) is 0 Å². The number of rotatable bonds is 8. The number of hydrogen-bond donors (Lipinski definition) is 2. The number of nitrogens with one attached hydrogen (secondary N) is 1. The molecule has 134 valence electrons. The van der Waals surface area contributed by atoms with Gasteiger partial charge >= 0.3 is 5.97 Å². The molecular weight excluding hydrogens is 326 g/mol. The van der Waals surface area contributed by atoms with Crippen molar-refractivity contribution in [2.24, 2.45) is 0 Å². The molecule has 0 aliphatic heterocycles. The summed E-state index contributed by atoms with van der Waals surface area (Å²) in [6.45, 7) is 1.83. The van der Waals surface area contributed by atoms with E-state index in [-0.39, 0.29) is 37.5 Å². The van der Waals surface area contributed by atoms with Crippen molar-refractivity contribution in [3.63, 3.8) is 0 Å². The van der Waals surface area contributed by atoms with Crippen LogP contribution in [0.1, 0.15) is 19.8 Å². The van der Waals surface area contributed by atoms with Crippen LogP contribution in [0.25, 0.3) is 10.9 Å². The fourth-order valence-electron chi connectivity index (χ4n) is 2.67. The van der Waals surface area contributed by atoms with Crippen molar-refractivity contribution in [2.45, 2.75) is 31.8 Å². The van der Waals surface area contributed by atoms with Gasteiger partial charge in [-0.15, -0.1) is 0 Å². The van der Waals surface area contributed by atoms with Crippen LogP contribution < -0.4 is 10.9 Å². The summed E-state index contributed by atoms with van der Waals surface area (Å²) in [5, 5.41) is 12.1. The topological polar surface area (TPSA) is 111 Å². The predicted octanol–water partition coefficient (Wildman–Crippen LogP) is 0.783. The Balaban J connectivity index is 2.05. The third kappa shape index (κ3) is 4.87. The van der Waals surface area contributed by atoms with Crippen LogP contribution in [0, 0.1) is 0 Å². The number of carbonyl (C=O) groups excluding carboxylic acids is 1. The molecule has 1 atom stereocenters. The number of nitrogens with zero attached hydrogens (tertiary/aromatic N) is 2. The summed E-state index contributed by atoms with van der Waals surface area (Å²) < 4.78 is 6.36. The number of ether oxygens (including phenoxy) is 1. The molecule has 0 saturated carbocycles. The predicted molar refractivity (Wildman–Crippen MR) is 91.3 cm³/mol. The molecule has 0 fully saturated rings. The molecule has 0 bridgehead atoms. The van der Waals surface area contributed by atoms with Gasteiger partial charge in [0, 0.05) is 20.1 Å². The zero-order valence-corrected chi connectivity index (χ0v) is 14.2. The van der Waals surface area contributed by atoms with Gasteiger partial charge in [0.05, 0.1) is 35.8 Å². The molecule has 1 aromatic carbocycles. The maximum absolute atomic E-state index is 12.4. The average molecular weight is 347 g/mol. The van der Waals surface area contributed by atoms with Gasteiger partial charge in [-0.05, 0) is 19.1 Å². The monoisotopic (exact) mass is 347 g/mol. The Hall–Kier alpha value is -2.74. The van der Waals surface area contributed by atoms with Gasteiger partial charge in [0.25, 0.3) is 5.56 Å². The van der Waals surface area contributed by atoms with Gasteiger partial charge in [-0.1, -0.05) is 12.1 Å². The van der Waals surface area contributed by atoms with Crippen LogP contribution in [0.3, 0.4) is 0 Å². The first-order valence-electron chi connectivity index (χ1n) is 7.80. The van der Waals surface area contributed by atoms with Crippen LogP contribution in [0.2, 0.25) is 0 Å². The molecule has 2 N–H and O–H groups in total. The molecule has 1 heterocycles. The van der Waals surface area contributed by atoms with E-state index in [4.69, 9.17) is 9.84 Å². The number of aliphatic carboxylic acids is 1. The van der Waals surface area contributed by atoms with Gasteiger partial charge in [-0.25, -0.2) is 4.98 Å². The lowest BCUT2D eigenvalue weighted by Crippen LogP contribution is -2.51. The first kappa shape index (κ1) is 18.6. The lowest BCUT2D eigenvalue weighted by molar-refractivity contribution is -0.139. The van der Waals surface area contributed by atoms with E-state index < -0.39 is 11.5 Å². The lowest BCUT2D eigenvalue weighted by atomic mass is 9.98. The Bertz CT molecular complexity index is 832. The van der Waals surface area contributed by atoms with Crippen molar-refractivity contribution >= 4 is 22.8 Å². The zero-order chi connectivity index (χ0) is 18.4. The summed E-state index contributed by atoms with van der Waals surface area (Å²) in [6, 6.07) is 6.98. The van der Waals surface area contributed by atoms with Crippen LogP contribution in [-0.4, -0.2) is 45.8 Å². The van der Waals surface area contributed by atoms with Gasteiger partial charge in [0.15, 0.2) is 0 Å². The Morgan fingerprint density at radius 3 is 2.76 bits per heavy atom. The van der Waals surface area contributed by atoms with E-state index in [1.165, 1.54) is 18.0 Å². The second-order valence-electron chi connectivity index (χ2n) is 6.12. The van der Waals surface area contributed by atoms with Gasteiger partial charge in [-0.3, -0.25) is 19.0 Å². The van der Waals surface area contributed by atoms with E-state index >= 15 is 0 Å². The molecule has 1 amide bonds. The van der Waals surface area contributed by atoms with Crippen molar-refractivity contribution in [3.8, 4) is 0 Å². The van der Waals surface area contributed by atoms with Crippen molar-refractivity contribution in [1.82, 2.24) is 14.9 Å². The van der Waals surface area contributed by atoms with Crippen molar-refractivity contribution in [3.05, 3.63) is 40.9 Å². The Morgan fingerprint density at radius 1 is 1.36 bits per heavy atom. The molecule has 1 unspecified atom stereocenters. The van der Waals surface area contributed by atoms with E-state index in [9.17, 15) is 14.4 Å². The fraction of sp³-hybridized carbons (Fsp3) is 0.412. The van der Waals surface area contributed by atoms with E-state index in [1.807, 2.05) is 0 Å². The van der Waals surface area contributed by atoms with Crippen molar-refractivity contribution < 1.29 is 19.4 Å². The second kappa shape index (κ2) is 7.89. The van der Waals surface area contributed by atoms with Crippen LogP contribution >= 0.6 is 0 Å². The average Bonchev–Trinajstić information content (AvgIpc) is 2.53. The molecule has 0 aliphatic carbocycles. The number of aromatic nitrogens is 2. The number of carbonyl (C=O) groups is 2. The highest BCUT2D eigenvalue weighted by Gasteiger charge is 2.29. The van der Waals surface area contributed by atoms with Crippen LogP contribution in [0.5, 0.6) is 0 Å². The molecule has 1 aromatic heterocycles. The highest BCUT2D eigenvalue weighted by Crippen LogP contribution is 2.11. The number of carboxylic acids is 1. The molecule has 2 rings (SSSR count). The molecule has 8 heteroatoms. The van der Waals surface area contributed by atoms with Gasteiger partial charge in [-0.2, -0.15) is 0 Å². The Kier molecular flexibility index (Phi) is 5.87. The minimum atomic E-state index is -1.03. The minimum absolute atomic E-state index is 0.0266. The normalized spacial score (nSPS) is 13.4. The highest BCUT2D eigenvalue weighted by molar-refractivity contribution is 5.79. The first-order valence-corrected chi connectivity index (χ1v) is 7.80. The highest BCUT2D eigenvalue weighted by atomic mass is 16.5. The number of methoxy groups -OCH3 is 1. The summed E-state index contributed by atoms with van der Waals surface area (Å²) in [5.74, 6) is -1.39. The summed E-state index contributed by atoms with van der Waals surface area (Å²) in [7, 11) is 1.44. The molecule has 2 aromatic rings. The minimum Gasteiger partial charge on any atom is -0.481 e. The summed E-state index contributed by atoms with van der Waals surface area (Å²) in [6.07, 6.45) is 1.17. The summed E-state index contributed by atoms with van der Waals surface area (Å²) in [4.78, 5) is 39.7. The number of benzene rings is 1. The fourth-order valence-corrected chi connectivity index (χ4v) is 2.67. The largest absolute Gasteiger partial charge is 0.481 e. The third-order valence-electron chi connectivity index (χ3n) is 3.76. The standard InChI is InChI=1S/C17H21N3O5/c1-17(10-25-2,9-15(22)23)19-14(21)7-8-20-11-18-13-6-4-3-5-12(13)16(20)24/h3-6,11H,7-10H2,1-2H3,(H,19,21)(H,22,23). The number of para-hydroxylation sites is 1. The molecule has 25 heavy (non-hydrogen) atoms. The Morgan fingerprint density at radius 2 is 2.08 bits per heavy atom. The Labute approximate surface area is 144 Å². The van der Waals surface area contributed by atoms with E-state index in [0.29, 0.717) is 10.9 Å². The number of amides is 1. The SMILES string of the molecule is COCC(C)(CC(=O)O)NC(=O)CCn1cnc2ccccc2c1=O. The third-order valence-corrected chi connectivity index (χ3v) is 3.76. The molecular formula is C17H21N3O5. The van der Waals surface area contributed by atoms with Crippen molar-refractivity contribution in [2.75, 3.05) is 13.7 Å². The molecule has 8 nitrogen and oxygen atoms in total. The van der Waals surface area contributed by atoms with E-state index in [0.717, 1.165) is 0 Å². The number of fused-ring (bicyclic) bond motifs is 1. The second-order valence-corrected chi connectivity index (χ2v) is 6.12. The van der Waals surface area contributed by atoms with Gasteiger partial charge < -0.3 is 15.2 Å². The lowest BCUT2D eigenvalue weighted by Gasteiger charge is -2.28. The molecule has 0 aliphatic rings. The van der Waals surface area contributed by atoms with E-state index in [1.54, 1.807) is 31.2 Å². The van der Waals surface area contributed by atoms with Crippen LogP contribution in [-0.2, 0) is 20.9 Å². The number of aryl methyl sites for hydroxylation is 1. The maximum Gasteiger partial charge on any atom is 0.305 e. The maximum atomic E-state index is 12.4. The van der Waals surface area contributed by atoms with E-state index in [2.05, 4.69) is 10.3 Å². The smallest absolute Gasteiger partial charge is 0.305 e. The van der Waals surface area contributed by atoms with Crippen LogP contribution in [0.15, 0.2) is 35.4 Å².